The Bertz CT molecular complexity index is 781. The number of nitrogens with zero attached hydrogens (tertiary/aromatic N) is 2. The van der Waals surface area contributed by atoms with Crippen LogP contribution in [0.2, 0.25) is 0 Å². The van der Waals surface area contributed by atoms with Crippen molar-refractivity contribution >= 4 is 12.0 Å². The smallest absolute Gasteiger partial charge is 0.328 e. The molecule has 1 aromatic carbocycles. The number of hydrogen-bond acceptors (Lipinski definition) is 8. The van der Waals surface area contributed by atoms with Crippen LogP contribution >= 0.6 is 0 Å². The van der Waals surface area contributed by atoms with Gasteiger partial charge in [-0.2, -0.15) is 0 Å². The van der Waals surface area contributed by atoms with Gasteiger partial charge in [0.1, 0.15) is 12.1 Å². The molecule has 4 atom stereocenters. The summed E-state index contributed by atoms with van der Waals surface area (Å²) in [5.74, 6) is -1.33. The third-order valence-corrected chi connectivity index (χ3v) is 3.89. The number of urea groups is 1. The molecule has 1 heterocycles. The standard InChI is InChI=1S/C17H23N5O6/c1-9(24)13(16(25)26)20-17(27)19-12(7-10-5-3-2-4-6-10)15-22-21-14(28-15)11(18)8-23/h2-6,9,11-13,23-24H,7-8,18H2,1H3,(H,25,26)(H2,19,20,27)/t9?,11-,12-,13-/m0/s1. The Labute approximate surface area is 160 Å². The van der Waals surface area contributed by atoms with Crippen molar-refractivity contribution in [2.45, 2.75) is 37.6 Å². The first kappa shape index (κ1) is 21.3. The molecule has 152 valence electrons. The minimum atomic E-state index is -1.49. The van der Waals surface area contributed by atoms with Crippen molar-refractivity contribution in [3.8, 4) is 0 Å². The molecule has 0 saturated carbocycles. The molecule has 0 aliphatic rings. The van der Waals surface area contributed by atoms with Gasteiger partial charge in [0.25, 0.3) is 0 Å². The van der Waals surface area contributed by atoms with Gasteiger partial charge in [-0.15, -0.1) is 10.2 Å². The van der Waals surface area contributed by atoms with E-state index in [1.807, 2.05) is 30.3 Å². The van der Waals surface area contributed by atoms with Crippen LogP contribution in [0.4, 0.5) is 4.79 Å². The number of aromatic nitrogens is 2. The molecule has 0 radical (unpaired) electrons. The van der Waals surface area contributed by atoms with E-state index in [4.69, 9.17) is 20.4 Å². The number of carboxylic acids is 1. The lowest BCUT2D eigenvalue weighted by Crippen LogP contribution is -2.51. The Balaban J connectivity index is 2.19. The molecule has 2 rings (SSSR count). The third kappa shape index (κ3) is 5.74. The first-order chi connectivity index (χ1) is 13.3. The zero-order valence-electron chi connectivity index (χ0n) is 15.1. The maximum atomic E-state index is 12.3. The minimum absolute atomic E-state index is 0.00478. The van der Waals surface area contributed by atoms with Crippen LogP contribution in [0.25, 0.3) is 0 Å². The quantitative estimate of drug-likeness (QED) is 0.326. The molecule has 0 saturated heterocycles. The summed E-state index contributed by atoms with van der Waals surface area (Å²) in [6.45, 7) is 0.856. The lowest BCUT2D eigenvalue weighted by atomic mass is 10.1. The molecular weight excluding hydrogens is 370 g/mol. The van der Waals surface area contributed by atoms with E-state index >= 15 is 0 Å². The second-order valence-electron chi connectivity index (χ2n) is 6.18. The molecule has 0 fully saturated rings. The fraction of sp³-hybridized carbons (Fsp3) is 0.412. The lowest BCUT2D eigenvalue weighted by molar-refractivity contribution is -0.141. The SMILES string of the molecule is CC(O)[C@H](NC(=O)N[C@@H](Cc1ccccc1)c1nnc([C@@H](N)CO)o1)C(=O)O. The molecule has 0 spiro atoms. The van der Waals surface area contributed by atoms with Gasteiger partial charge in [-0.25, -0.2) is 9.59 Å². The van der Waals surface area contributed by atoms with E-state index in [1.165, 1.54) is 6.92 Å². The summed E-state index contributed by atoms with van der Waals surface area (Å²) in [4.78, 5) is 23.4. The normalized spacial score (nSPS) is 15.3. The fourth-order valence-corrected chi connectivity index (χ4v) is 2.39. The van der Waals surface area contributed by atoms with Gasteiger partial charge in [-0.1, -0.05) is 30.3 Å². The van der Waals surface area contributed by atoms with Crippen molar-refractivity contribution < 1.29 is 29.3 Å². The maximum Gasteiger partial charge on any atom is 0.328 e. The largest absolute Gasteiger partial charge is 0.480 e. The van der Waals surface area contributed by atoms with Gasteiger partial charge in [0, 0.05) is 6.42 Å². The number of nitrogens with two attached hydrogens (primary N) is 1. The van der Waals surface area contributed by atoms with Gasteiger partial charge in [0.15, 0.2) is 6.04 Å². The van der Waals surface area contributed by atoms with Crippen molar-refractivity contribution in [2.75, 3.05) is 6.61 Å². The molecule has 7 N–H and O–H groups in total. The molecule has 1 unspecified atom stereocenters. The number of aliphatic carboxylic acids is 1. The molecule has 0 bridgehead atoms. The predicted molar refractivity (Wildman–Crippen MR) is 96.0 cm³/mol. The first-order valence-electron chi connectivity index (χ1n) is 8.53. The summed E-state index contributed by atoms with van der Waals surface area (Å²) < 4.78 is 5.46. The average molecular weight is 393 g/mol. The molecule has 11 heteroatoms. The molecule has 1 aromatic heterocycles. The number of amides is 2. The number of carboxylic acid groups (broad SMARTS) is 1. The Morgan fingerprint density at radius 3 is 2.39 bits per heavy atom. The van der Waals surface area contributed by atoms with Crippen LogP contribution in [0.1, 0.15) is 36.4 Å². The van der Waals surface area contributed by atoms with Crippen molar-refractivity contribution in [3.63, 3.8) is 0 Å². The number of aliphatic hydroxyl groups excluding tert-OH is 2. The Morgan fingerprint density at radius 1 is 1.18 bits per heavy atom. The third-order valence-electron chi connectivity index (χ3n) is 3.89. The molecular formula is C17H23N5O6. The average Bonchev–Trinajstić information content (AvgIpc) is 3.15. The number of benzene rings is 1. The van der Waals surface area contributed by atoms with Gasteiger partial charge in [-0.05, 0) is 12.5 Å². The topological polar surface area (TPSA) is 184 Å². The monoisotopic (exact) mass is 393 g/mol. The van der Waals surface area contributed by atoms with E-state index in [0.29, 0.717) is 0 Å². The van der Waals surface area contributed by atoms with Gasteiger partial charge in [0.2, 0.25) is 11.8 Å². The van der Waals surface area contributed by atoms with E-state index in [1.54, 1.807) is 0 Å². The summed E-state index contributed by atoms with van der Waals surface area (Å²) in [6, 6.07) is 5.17. The Morgan fingerprint density at radius 2 is 1.82 bits per heavy atom. The zero-order valence-corrected chi connectivity index (χ0v) is 15.1. The van der Waals surface area contributed by atoms with E-state index in [0.717, 1.165) is 5.56 Å². The van der Waals surface area contributed by atoms with Gasteiger partial charge in [0.05, 0.1) is 12.7 Å². The first-order valence-corrected chi connectivity index (χ1v) is 8.53. The molecule has 11 nitrogen and oxygen atoms in total. The summed E-state index contributed by atoms with van der Waals surface area (Å²) in [5, 5.41) is 40.1. The molecule has 28 heavy (non-hydrogen) atoms. The van der Waals surface area contributed by atoms with Crippen LogP contribution < -0.4 is 16.4 Å². The van der Waals surface area contributed by atoms with E-state index in [2.05, 4.69) is 20.8 Å². The summed E-state index contributed by atoms with van der Waals surface area (Å²) in [5.41, 5.74) is 6.51. The van der Waals surface area contributed by atoms with Gasteiger partial charge >= 0.3 is 12.0 Å². The maximum absolute atomic E-state index is 12.3. The minimum Gasteiger partial charge on any atom is -0.480 e. The second kappa shape index (κ2) is 9.78. The van der Waals surface area contributed by atoms with Crippen LogP contribution in [0.3, 0.4) is 0 Å². The van der Waals surface area contributed by atoms with Crippen molar-refractivity contribution in [1.82, 2.24) is 20.8 Å². The Hall–Kier alpha value is -3.02. The van der Waals surface area contributed by atoms with E-state index in [9.17, 15) is 14.7 Å². The van der Waals surface area contributed by atoms with Crippen LogP contribution in [0, 0.1) is 0 Å². The van der Waals surface area contributed by atoms with Crippen LogP contribution in [0.15, 0.2) is 34.7 Å². The second-order valence-corrected chi connectivity index (χ2v) is 6.18. The van der Waals surface area contributed by atoms with E-state index in [-0.39, 0.29) is 18.2 Å². The predicted octanol–water partition coefficient (Wildman–Crippen LogP) is -0.521. The van der Waals surface area contributed by atoms with Crippen molar-refractivity contribution in [3.05, 3.63) is 47.7 Å². The summed E-state index contributed by atoms with van der Waals surface area (Å²) in [6.07, 6.45) is -1.02. The number of aliphatic hydroxyl groups is 2. The van der Waals surface area contributed by atoms with Crippen molar-refractivity contribution in [1.29, 1.82) is 0 Å². The number of carbonyl (C=O) groups excluding carboxylic acids is 1. The molecule has 2 aromatic rings. The summed E-state index contributed by atoms with van der Waals surface area (Å²) >= 11 is 0. The Kier molecular flexibility index (Phi) is 7.44. The number of carbonyl (C=O) groups is 2. The van der Waals surface area contributed by atoms with E-state index < -0.39 is 42.8 Å². The highest BCUT2D eigenvalue weighted by Crippen LogP contribution is 2.19. The van der Waals surface area contributed by atoms with Crippen LogP contribution in [-0.4, -0.2) is 56.3 Å². The molecule has 0 aliphatic heterocycles. The van der Waals surface area contributed by atoms with Gasteiger partial charge in [-0.3, -0.25) is 0 Å². The van der Waals surface area contributed by atoms with Crippen LogP contribution in [-0.2, 0) is 11.2 Å². The van der Waals surface area contributed by atoms with Gasteiger partial charge < -0.3 is 36.1 Å². The highest BCUT2D eigenvalue weighted by atomic mass is 16.4. The number of rotatable bonds is 9. The summed E-state index contributed by atoms with van der Waals surface area (Å²) in [7, 11) is 0. The molecule has 2 amide bonds. The lowest BCUT2D eigenvalue weighted by Gasteiger charge is -2.20. The molecule has 0 aliphatic carbocycles. The van der Waals surface area contributed by atoms with Crippen LogP contribution in [0.5, 0.6) is 0 Å². The number of hydrogen-bond donors (Lipinski definition) is 6. The fourth-order valence-electron chi connectivity index (χ4n) is 2.39. The highest BCUT2D eigenvalue weighted by molar-refractivity contribution is 5.83. The van der Waals surface area contributed by atoms with Crippen molar-refractivity contribution in [2.24, 2.45) is 5.73 Å². The highest BCUT2D eigenvalue weighted by Gasteiger charge is 2.28. The zero-order chi connectivity index (χ0) is 20.7. The number of nitrogens with one attached hydrogen (secondary N) is 2.